The molecule has 2 atom stereocenters. The van der Waals surface area contributed by atoms with Crippen LogP contribution in [0.15, 0.2) is 24.3 Å². The van der Waals surface area contributed by atoms with Crippen LogP contribution in [0.4, 0.5) is 17.6 Å². The molecule has 0 spiro atoms. The fourth-order valence-electron chi connectivity index (χ4n) is 1.66. The molecule has 1 rings (SSSR count). The minimum atomic E-state index is -2.94. The van der Waals surface area contributed by atoms with Gasteiger partial charge in [0.1, 0.15) is 11.9 Å². The maximum absolute atomic E-state index is 13.0. The van der Waals surface area contributed by atoms with Crippen LogP contribution in [0.5, 0.6) is 0 Å². The Hall–Kier alpha value is -1.10. The molecule has 1 aromatic rings. The first-order chi connectivity index (χ1) is 7.89. The molecule has 2 unspecified atom stereocenters. The number of alkyl halides is 3. The summed E-state index contributed by atoms with van der Waals surface area (Å²) in [6.45, 7) is 0.438. The zero-order valence-electron chi connectivity index (χ0n) is 9.34. The molecule has 96 valence electrons. The first-order valence-electron chi connectivity index (χ1n) is 5.17. The Bertz CT molecular complexity index is 369. The Kier molecular flexibility index (Phi) is 4.51. The van der Waals surface area contributed by atoms with Gasteiger partial charge in [-0.25, -0.2) is 13.2 Å². The molecule has 0 aromatic heterocycles. The van der Waals surface area contributed by atoms with Gasteiger partial charge in [-0.2, -0.15) is 0 Å². The van der Waals surface area contributed by atoms with Crippen LogP contribution in [0.1, 0.15) is 18.9 Å². The van der Waals surface area contributed by atoms with E-state index in [0.717, 1.165) is 6.07 Å². The van der Waals surface area contributed by atoms with Crippen molar-refractivity contribution in [2.24, 2.45) is 0 Å². The first kappa shape index (κ1) is 14.0. The number of benzene rings is 1. The second-order valence-electron chi connectivity index (χ2n) is 4.31. The molecule has 0 fully saturated rings. The molecule has 0 aliphatic rings. The summed E-state index contributed by atoms with van der Waals surface area (Å²) in [5.41, 5.74) is -1.04. The van der Waals surface area contributed by atoms with Crippen LogP contribution < -0.4 is 0 Å². The van der Waals surface area contributed by atoms with Gasteiger partial charge in [0, 0.05) is 5.41 Å². The van der Waals surface area contributed by atoms with Crippen molar-refractivity contribution in [1.82, 2.24) is 0 Å². The predicted molar refractivity (Wildman–Crippen MR) is 56.4 cm³/mol. The lowest BCUT2D eigenvalue weighted by atomic mass is 9.79. The number of aliphatic hydroxyl groups is 1. The minimum Gasteiger partial charge on any atom is -0.387 e. The van der Waals surface area contributed by atoms with E-state index in [2.05, 4.69) is 0 Å². The summed E-state index contributed by atoms with van der Waals surface area (Å²) in [4.78, 5) is 0. The lowest BCUT2D eigenvalue weighted by Gasteiger charge is -2.29. The van der Waals surface area contributed by atoms with E-state index in [4.69, 9.17) is 5.11 Å². The second-order valence-corrected chi connectivity index (χ2v) is 4.31. The molecule has 0 saturated carbocycles. The number of rotatable bonds is 5. The van der Waals surface area contributed by atoms with E-state index < -0.39 is 36.9 Å². The number of aliphatic hydroxyl groups excluding tert-OH is 1. The minimum absolute atomic E-state index is 0.264. The standard InChI is InChI=1S/C12H14F4O/c1-12(7-13,6-10(17)11(15)16)8-3-2-4-9(14)5-8/h2-5,10-11,17H,6-7H2,1H3. The molecule has 17 heavy (non-hydrogen) atoms. The van der Waals surface area contributed by atoms with E-state index in [1.807, 2.05) is 0 Å². The smallest absolute Gasteiger partial charge is 0.264 e. The maximum atomic E-state index is 13.0. The molecule has 1 nitrogen and oxygen atoms in total. The van der Waals surface area contributed by atoms with E-state index in [-0.39, 0.29) is 5.56 Å². The van der Waals surface area contributed by atoms with Gasteiger partial charge in [-0.3, -0.25) is 4.39 Å². The normalized spacial score (nSPS) is 16.9. The Morgan fingerprint density at radius 3 is 2.47 bits per heavy atom. The van der Waals surface area contributed by atoms with Gasteiger partial charge < -0.3 is 5.11 Å². The van der Waals surface area contributed by atoms with Crippen LogP contribution >= 0.6 is 0 Å². The summed E-state index contributed by atoms with van der Waals surface area (Å²) in [6.07, 6.45) is -5.31. The van der Waals surface area contributed by atoms with Crippen molar-refractivity contribution in [3.8, 4) is 0 Å². The summed E-state index contributed by atoms with van der Waals surface area (Å²) in [7, 11) is 0. The van der Waals surface area contributed by atoms with Crippen LogP contribution in [0.2, 0.25) is 0 Å². The Balaban J connectivity index is 2.95. The molecule has 0 bridgehead atoms. The summed E-state index contributed by atoms with van der Waals surface area (Å²) >= 11 is 0. The summed E-state index contributed by atoms with van der Waals surface area (Å²) in [5, 5.41) is 9.11. The van der Waals surface area contributed by atoms with Gasteiger partial charge in [-0.05, 0) is 24.1 Å². The average molecular weight is 250 g/mol. The van der Waals surface area contributed by atoms with E-state index in [1.165, 1.54) is 25.1 Å². The highest BCUT2D eigenvalue weighted by Crippen LogP contribution is 2.31. The molecular weight excluding hydrogens is 236 g/mol. The third-order valence-corrected chi connectivity index (χ3v) is 2.77. The molecule has 0 heterocycles. The zero-order chi connectivity index (χ0) is 13.1. The van der Waals surface area contributed by atoms with Gasteiger partial charge in [0.05, 0.1) is 6.67 Å². The van der Waals surface area contributed by atoms with Gasteiger partial charge in [0.15, 0.2) is 0 Å². The number of hydrogen-bond acceptors (Lipinski definition) is 1. The largest absolute Gasteiger partial charge is 0.387 e. The van der Waals surface area contributed by atoms with Crippen molar-refractivity contribution >= 4 is 0 Å². The maximum Gasteiger partial charge on any atom is 0.264 e. The molecule has 0 saturated heterocycles. The molecule has 1 N–H and O–H groups in total. The Morgan fingerprint density at radius 2 is 2.00 bits per heavy atom. The molecule has 5 heteroatoms. The van der Waals surface area contributed by atoms with E-state index in [1.54, 1.807) is 0 Å². The van der Waals surface area contributed by atoms with Crippen molar-refractivity contribution in [2.45, 2.75) is 31.3 Å². The van der Waals surface area contributed by atoms with Gasteiger partial charge in [-0.1, -0.05) is 19.1 Å². The zero-order valence-corrected chi connectivity index (χ0v) is 9.34. The Morgan fingerprint density at radius 1 is 1.35 bits per heavy atom. The Labute approximate surface area is 97.1 Å². The molecular formula is C12H14F4O. The van der Waals surface area contributed by atoms with Crippen LogP contribution in [0, 0.1) is 5.82 Å². The highest BCUT2D eigenvalue weighted by Gasteiger charge is 2.33. The molecule has 0 aliphatic carbocycles. The fraction of sp³-hybridized carbons (Fsp3) is 0.500. The highest BCUT2D eigenvalue weighted by atomic mass is 19.3. The lowest BCUT2D eigenvalue weighted by molar-refractivity contribution is -0.0224. The van der Waals surface area contributed by atoms with E-state index in [0.29, 0.717) is 0 Å². The van der Waals surface area contributed by atoms with Gasteiger partial charge in [0.2, 0.25) is 0 Å². The predicted octanol–water partition coefficient (Wildman–Crippen LogP) is 3.07. The third-order valence-electron chi connectivity index (χ3n) is 2.77. The summed E-state index contributed by atoms with van der Waals surface area (Å²) < 4.78 is 50.5. The van der Waals surface area contributed by atoms with Crippen molar-refractivity contribution in [1.29, 1.82) is 0 Å². The third kappa shape index (κ3) is 3.43. The van der Waals surface area contributed by atoms with Crippen molar-refractivity contribution in [3.63, 3.8) is 0 Å². The van der Waals surface area contributed by atoms with E-state index >= 15 is 0 Å². The highest BCUT2D eigenvalue weighted by molar-refractivity contribution is 5.25. The first-order valence-corrected chi connectivity index (χ1v) is 5.17. The van der Waals surface area contributed by atoms with E-state index in [9.17, 15) is 17.6 Å². The van der Waals surface area contributed by atoms with Crippen molar-refractivity contribution in [2.75, 3.05) is 6.67 Å². The van der Waals surface area contributed by atoms with Gasteiger partial charge >= 0.3 is 0 Å². The molecule has 0 aliphatic heterocycles. The number of halogens is 4. The van der Waals surface area contributed by atoms with Crippen LogP contribution in [-0.4, -0.2) is 24.3 Å². The van der Waals surface area contributed by atoms with Crippen LogP contribution in [-0.2, 0) is 5.41 Å². The molecule has 0 amide bonds. The fourth-order valence-corrected chi connectivity index (χ4v) is 1.66. The summed E-state index contributed by atoms with van der Waals surface area (Å²) in [6, 6.07) is 5.12. The van der Waals surface area contributed by atoms with Crippen molar-refractivity contribution in [3.05, 3.63) is 35.6 Å². The van der Waals surface area contributed by atoms with Crippen molar-refractivity contribution < 1.29 is 22.7 Å². The average Bonchev–Trinajstić information content (AvgIpc) is 2.28. The lowest BCUT2D eigenvalue weighted by Crippen LogP contribution is -2.33. The molecule has 1 aromatic carbocycles. The molecule has 0 radical (unpaired) electrons. The number of hydrogen-bond donors (Lipinski definition) is 1. The van der Waals surface area contributed by atoms with Crippen LogP contribution in [0.3, 0.4) is 0 Å². The van der Waals surface area contributed by atoms with Crippen LogP contribution in [0.25, 0.3) is 0 Å². The second kappa shape index (κ2) is 5.49. The monoisotopic (exact) mass is 250 g/mol. The van der Waals surface area contributed by atoms with Gasteiger partial charge in [-0.15, -0.1) is 0 Å². The topological polar surface area (TPSA) is 20.2 Å². The SMILES string of the molecule is CC(CF)(CC(O)C(F)F)c1cccc(F)c1. The quantitative estimate of drug-likeness (QED) is 0.796. The van der Waals surface area contributed by atoms with Gasteiger partial charge in [0.25, 0.3) is 6.43 Å². The summed E-state index contributed by atoms with van der Waals surface area (Å²) in [5.74, 6) is -0.561.